The summed E-state index contributed by atoms with van der Waals surface area (Å²) < 4.78 is 7.41. The number of aromatic nitrogens is 3. The van der Waals surface area contributed by atoms with Crippen molar-refractivity contribution < 1.29 is 9.53 Å². The van der Waals surface area contributed by atoms with E-state index in [1.807, 2.05) is 23.7 Å². The monoisotopic (exact) mass is 326 g/mol. The highest BCUT2D eigenvalue weighted by Gasteiger charge is 2.45. The first-order valence-corrected chi connectivity index (χ1v) is 8.96. The second-order valence-electron chi connectivity index (χ2n) is 7.30. The quantitative estimate of drug-likeness (QED) is 0.805. The molecule has 5 heterocycles. The highest BCUT2D eigenvalue weighted by molar-refractivity contribution is 5.80. The molecule has 0 saturated carbocycles. The van der Waals surface area contributed by atoms with Gasteiger partial charge in [0.05, 0.1) is 17.4 Å². The maximum absolute atomic E-state index is 13.1. The average molecular weight is 326 g/mol. The topological polar surface area (TPSA) is 59.7 Å². The molecule has 0 unspecified atom stereocenters. The number of hydrogen-bond acceptors (Lipinski definition) is 4. The minimum absolute atomic E-state index is 0.132. The summed E-state index contributed by atoms with van der Waals surface area (Å²) in [4.78, 5) is 19.9. The molecule has 1 amide bonds. The molecule has 5 rings (SSSR count). The van der Waals surface area contributed by atoms with Crippen molar-refractivity contribution in [3.05, 3.63) is 29.2 Å². The Morgan fingerprint density at radius 3 is 2.92 bits per heavy atom. The van der Waals surface area contributed by atoms with Crippen LogP contribution in [0.5, 0.6) is 0 Å². The number of carbonyl (C=O) groups excluding carboxylic acids is 1. The van der Waals surface area contributed by atoms with E-state index >= 15 is 0 Å². The molecule has 3 aliphatic rings. The number of carbonyl (C=O) groups is 1. The van der Waals surface area contributed by atoms with Gasteiger partial charge in [-0.25, -0.2) is 9.50 Å². The Labute approximate surface area is 140 Å². The van der Waals surface area contributed by atoms with Gasteiger partial charge in [0.1, 0.15) is 0 Å². The lowest BCUT2D eigenvalue weighted by molar-refractivity contribution is -0.142. The summed E-state index contributed by atoms with van der Waals surface area (Å²) in [6.07, 6.45) is 6.70. The predicted molar refractivity (Wildman–Crippen MR) is 87.6 cm³/mol. The van der Waals surface area contributed by atoms with Crippen LogP contribution in [0.3, 0.4) is 0 Å². The minimum Gasteiger partial charge on any atom is -0.381 e. The maximum Gasteiger partial charge on any atom is 0.226 e. The fourth-order valence-corrected chi connectivity index (χ4v) is 4.69. The number of amides is 1. The van der Waals surface area contributed by atoms with E-state index in [1.54, 1.807) is 0 Å². The predicted octanol–water partition coefficient (Wildman–Crippen LogP) is 2.05. The summed E-state index contributed by atoms with van der Waals surface area (Å²) in [5.41, 5.74) is 4.34. The summed E-state index contributed by atoms with van der Waals surface area (Å²) in [6.45, 7) is 3.43. The van der Waals surface area contributed by atoms with E-state index in [-0.39, 0.29) is 12.0 Å². The Morgan fingerprint density at radius 2 is 2.08 bits per heavy atom. The SMILES string of the molecule is Cc1cc2ncc3c(n2n1)C[C@@H]1CC[C@@H]3N1C(=O)C1CCOCC1. The van der Waals surface area contributed by atoms with Gasteiger partial charge in [0.25, 0.3) is 0 Å². The number of hydrogen-bond donors (Lipinski definition) is 0. The molecule has 0 N–H and O–H groups in total. The molecule has 0 aliphatic carbocycles. The van der Waals surface area contributed by atoms with E-state index in [0.29, 0.717) is 25.2 Å². The molecule has 2 fully saturated rings. The largest absolute Gasteiger partial charge is 0.381 e. The molecule has 6 heteroatoms. The Bertz CT molecular complexity index is 809. The van der Waals surface area contributed by atoms with Gasteiger partial charge in [-0.3, -0.25) is 4.79 Å². The summed E-state index contributed by atoms with van der Waals surface area (Å²) >= 11 is 0. The lowest BCUT2D eigenvalue weighted by atomic mass is 9.93. The van der Waals surface area contributed by atoms with E-state index in [4.69, 9.17) is 4.74 Å². The van der Waals surface area contributed by atoms with Gasteiger partial charge in [-0.05, 0) is 32.6 Å². The Kier molecular flexibility index (Phi) is 3.16. The fourth-order valence-electron chi connectivity index (χ4n) is 4.69. The van der Waals surface area contributed by atoms with E-state index in [2.05, 4.69) is 15.0 Å². The number of aryl methyl sites for hydroxylation is 1. The summed E-state index contributed by atoms with van der Waals surface area (Å²) in [5.74, 6) is 0.459. The third-order valence-electron chi connectivity index (χ3n) is 5.85. The van der Waals surface area contributed by atoms with Gasteiger partial charge in [-0.1, -0.05) is 0 Å². The van der Waals surface area contributed by atoms with Crippen molar-refractivity contribution in [2.75, 3.05) is 13.2 Å². The summed E-state index contributed by atoms with van der Waals surface area (Å²) in [6, 6.07) is 2.50. The minimum atomic E-state index is 0.132. The highest BCUT2D eigenvalue weighted by Crippen LogP contribution is 2.44. The second-order valence-corrected chi connectivity index (χ2v) is 7.30. The number of fused-ring (bicyclic) bond motifs is 6. The zero-order valence-corrected chi connectivity index (χ0v) is 13.9. The van der Waals surface area contributed by atoms with Crippen LogP contribution in [0.15, 0.2) is 12.3 Å². The lowest BCUT2D eigenvalue weighted by Crippen LogP contribution is -2.46. The van der Waals surface area contributed by atoms with Crippen LogP contribution in [-0.2, 0) is 16.0 Å². The summed E-state index contributed by atoms with van der Waals surface area (Å²) in [5, 5.41) is 4.62. The van der Waals surface area contributed by atoms with Crippen LogP contribution >= 0.6 is 0 Å². The van der Waals surface area contributed by atoms with Crippen LogP contribution in [0, 0.1) is 12.8 Å². The first kappa shape index (κ1) is 14.4. The zero-order chi connectivity index (χ0) is 16.3. The molecule has 0 spiro atoms. The fraction of sp³-hybridized carbons (Fsp3) is 0.611. The molecule has 2 bridgehead atoms. The van der Waals surface area contributed by atoms with Crippen LogP contribution in [0.1, 0.15) is 48.7 Å². The lowest BCUT2D eigenvalue weighted by Gasteiger charge is -2.38. The van der Waals surface area contributed by atoms with Gasteiger partial charge in [-0.15, -0.1) is 0 Å². The molecular weight excluding hydrogens is 304 g/mol. The molecule has 2 aromatic heterocycles. The van der Waals surface area contributed by atoms with E-state index < -0.39 is 0 Å². The number of rotatable bonds is 1. The van der Waals surface area contributed by atoms with Gasteiger partial charge in [-0.2, -0.15) is 5.10 Å². The molecule has 0 aromatic carbocycles. The molecular formula is C18H22N4O2. The molecule has 3 aliphatic heterocycles. The molecule has 126 valence electrons. The molecule has 0 radical (unpaired) electrons. The highest BCUT2D eigenvalue weighted by atomic mass is 16.5. The Hall–Kier alpha value is -1.95. The molecule has 6 nitrogen and oxygen atoms in total. The van der Waals surface area contributed by atoms with Crippen molar-refractivity contribution in [3.8, 4) is 0 Å². The zero-order valence-electron chi connectivity index (χ0n) is 13.9. The standard InChI is InChI=1S/C18H22N4O2/c1-11-8-17-19-10-14-15-3-2-13(9-16(14)22(17)20-11)21(15)18(23)12-4-6-24-7-5-12/h8,10,12-13,15H,2-7,9H2,1H3/t13-,15-/m0/s1. The van der Waals surface area contributed by atoms with Gasteiger partial charge in [0.2, 0.25) is 5.91 Å². The van der Waals surface area contributed by atoms with Gasteiger partial charge >= 0.3 is 0 Å². The van der Waals surface area contributed by atoms with Crippen molar-refractivity contribution in [1.82, 2.24) is 19.5 Å². The van der Waals surface area contributed by atoms with Crippen molar-refractivity contribution in [3.63, 3.8) is 0 Å². The first-order chi connectivity index (χ1) is 11.7. The second kappa shape index (κ2) is 5.28. The Balaban J connectivity index is 1.53. The number of nitrogens with zero attached hydrogens (tertiary/aromatic N) is 4. The van der Waals surface area contributed by atoms with Crippen LogP contribution in [-0.4, -0.2) is 44.7 Å². The van der Waals surface area contributed by atoms with Crippen LogP contribution in [0.2, 0.25) is 0 Å². The molecule has 2 aromatic rings. The van der Waals surface area contributed by atoms with Crippen molar-refractivity contribution in [2.45, 2.75) is 51.1 Å². The van der Waals surface area contributed by atoms with E-state index in [0.717, 1.165) is 43.4 Å². The van der Waals surface area contributed by atoms with E-state index in [9.17, 15) is 4.79 Å². The molecule has 2 saturated heterocycles. The number of ether oxygens (including phenoxy) is 1. The molecule has 24 heavy (non-hydrogen) atoms. The summed E-state index contributed by atoms with van der Waals surface area (Å²) in [7, 11) is 0. The van der Waals surface area contributed by atoms with Crippen molar-refractivity contribution >= 4 is 11.6 Å². The maximum atomic E-state index is 13.1. The third-order valence-corrected chi connectivity index (χ3v) is 5.85. The van der Waals surface area contributed by atoms with Crippen molar-refractivity contribution in [2.24, 2.45) is 5.92 Å². The van der Waals surface area contributed by atoms with Crippen molar-refractivity contribution in [1.29, 1.82) is 0 Å². The Morgan fingerprint density at radius 1 is 1.25 bits per heavy atom. The normalized spacial score (nSPS) is 26.8. The van der Waals surface area contributed by atoms with E-state index in [1.165, 1.54) is 11.3 Å². The van der Waals surface area contributed by atoms with Crippen LogP contribution in [0.25, 0.3) is 5.65 Å². The third kappa shape index (κ3) is 2.02. The average Bonchev–Trinajstić information content (AvgIpc) is 3.14. The molecule has 2 atom stereocenters. The van der Waals surface area contributed by atoms with Crippen LogP contribution in [0.4, 0.5) is 0 Å². The van der Waals surface area contributed by atoms with Crippen LogP contribution < -0.4 is 0 Å². The van der Waals surface area contributed by atoms with Gasteiger partial charge in [0.15, 0.2) is 5.65 Å². The first-order valence-electron chi connectivity index (χ1n) is 8.96. The smallest absolute Gasteiger partial charge is 0.226 e. The van der Waals surface area contributed by atoms with Gasteiger partial charge in [0, 0.05) is 49.4 Å². The van der Waals surface area contributed by atoms with Gasteiger partial charge < -0.3 is 9.64 Å².